The van der Waals surface area contributed by atoms with Gasteiger partial charge in [0.1, 0.15) is 6.04 Å². The van der Waals surface area contributed by atoms with Gasteiger partial charge in [-0.25, -0.2) is 0 Å². The minimum absolute atomic E-state index is 0.0195. The Labute approximate surface area is 135 Å². The smallest absolute Gasteiger partial charge is 0.275 e. The van der Waals surface area contributed by atoms with Gasteiger partial charge in [0.25, 0.3) is 5.91 Å². The van der Waals surface area contributed by atoms with Crippen molar-refractivity contribution < 1.29 is 14.4 Å². The fourth-order valence-corrected chi connectivity index (χ4v) is 3.49. The zero-order valence-electron chi connectivity index (χ0n) is 12.1. The van der Waals surface area contributed by atoms with Crippen LogP contribution >= 0.6 is 11.3 Å². The molecule has 0 unspecified atom stereocenters. The van der Waals surface area contributed by atoms with E-state index in [9.17, 15) is 14.4 Å². The van der Waals surface area contributed by atoms with Gasteiger partial charge >= 0.3 is 0 Å². The fraction of sp³-hybridized carbons (Fsp3) is 0.333. The summed E-state index contributed by atoms with van der Waals surface area (Å²) in [5, 5.41) is 11.2. The number of nitrogens with zero attached hydrogens (tertiary/aromatic N) is 2. The summed E-state index contributed by atoms with van der Waals surface area (Å²) in [7, 11) is 0. The van der Waals surface area contributed by atoms with Crippen LogP contribution in [0.25, 0.3) is 10.6 Å². The number of thiophene rings is 1. The molecule has 3 heterocycles. The molecule has 3 amide bonds. The quantitative estimate of drug-likeness (QED) is 0.822. The normalized spacial score (nSPS) is 20.6. The highest BCUT2D eigenvalue weighted by Crippen LogP contribution is 2.32. The first kappa shape index (κ1) is 14.1. The standard InChI is InChI=1S/C15H14N4O3S/c20-13-7-11(14(21)16-13)19(8-3-4-8)15(22)10-6-9(17-18-10)12-2-1-5-23-12/h1-2,5-6,8,11H,3-4,7H2,(H,17,18)(H,16,20,21)/t11-/m0/s1. The second kappa shape index (κ2) is 5.31. The van der Waals surface area contributed by atoms with Crippen LogP contribution in [0.4, 0.5) is 0 Å². The van der Waals surface area contributed by atoms with Gasteiger partial charge in [-0.3, -0.25) is 24.8 Å². The maximum absolute atomic E-state index is 12.8. The molecule has 0 radical (unpaired) electrons. The number of carbonyl (C=O) groups excluding carboxylic acids is 3. The average molecular weight is 330 g/mol. The number of hydrogen-bond donors (Lipinski definition) is 2. The summed E-state index contributed by atoms with van der Waals surface area (Å²) in [5.74, 6) is -1.04. The van der Waals surface area contributed by atoms with E-state index in [1.54, 1.807) is 17.4 Å². The molecule has 1 saturated carbocycles. The summed E-state index contributed by atoms with van der Waals surface area (Å²) in [6, 6.07) is 4.86. The van der Waals surface area contributed by atoms with Crippen LogP contribution in [0, 0.1) is 0 Å². The van der Waals surface area contributed by atoms with Crippen molar-refractivity contribution in [3.63, 3.8) is 0 Å². The molecule has 2 N–H and O–H groups in total. The van der Waals surface area contributed by atoms with Crippen molar-refractivity contribution in [3.8, 4) is 10.6 Å². The van der Waals surface area contributed by atoms with Crippen LogP contribution < -0.4 is 5.32 Å². The molecule has 23 heavy (non-hydrogen) atoms. The Morgan fingerprint density at radius 1 is 1.35 bits per heavy atom. The molecule has 2 aromatic heterocycles. The molecule has 0 aromatic carbocycles. The summed E-state index contributed by atoms with van der Waals surface area (Å²) in [4.78, 5) is 38.7. The molecule has 118 valence electrons. The predicted molar refractivity (Wildman–Crippen MR) is 82.6 cm³/mol. The summed E-state index contributed by atoms with van der Waals surface area (Å²) >= 11 is 1.55. The van der Waals surface area contributed by atoms with E-state index in [1.165, 1.54) is 4.90 Å². The third kappa shape index (κ3) is 2.55. The van der Waals surface area contributed by atoms with Crippen LogP contribution in [0.2, 0.25) is 0 Å². The number of imide groups is 1. The molecule has 1 saturated heterocycles. The van der Waals surface area contributed by atoms with E-state index in [4.69, 9.17) is 0 Å². The Morgan fingerprint density at radius 3 is 2.78 bits per heavy atom. The fourth-order valence-electron chi connectivity index (χ4n) is 2.80. The van der Waals surface area contributed by atoms with Gasteiger partial charge < -0.3 is 4.90 Å². The number of aromatic nitrogens is 2. The lowest BCUT2D eigenvalue weighted by Crippen LogP contribution is -2.46. The number of H-pyrrole nitrogens is 1. The Hall–Kier alpha value is -2.48. The molecule has 0 bridgehead atoms. The van der Waals surface area contributed by atoms with Crippen molar-refractivity contribution in [2.24, 2.45) is 0 Å². The highest BCUT2D eigenvalue weighted by atomic mass is 32.1. The van der Waals surface area contributed by atoms with Gasteiger partial charge in [0.15, 0.2) is 5.69 Å². The van der Waals surface area contributed by atoms with Crippen molar-refractivity contribution in [3.05, 3.63) is 29.3 Å². The predicted octanol–water partition coefficient (Wildman–Crippen LogP) is 1.16. The van der Waals surface area contributed by atoms with Crippen molar-refractivity contribution in [1.29, 1.82) is 0 Å². The Balaban J connectivity index is 1.61. The van der Waals surface area contributed by atoms with Gasteiger partial charge in [-0.05, 0) is 30.4 Å². The summed E-state index contributed by atoms with van der Waals surface area (Å²) in [6.45, 7) is 0. The lowest BCUT2D eigenvalue weighted by Gasteiger charge is -2.25. The molecular formula is C15H14N4O3S. The molecule has 2 fully saturated rings. The molecule has 0 spiro atoms. The van der Waals surface area contributed by atoms with Gasteiger partial charge in [0.05, 0.1) is 17.0 Å². The topological polar surface area (TPSA) is 95.2 Å². The van der Waals surface area contributed by atoms with Crippen LogP contribution in [-0.2, 0) is 9.59 Å². The van der Waals surface area contributed by atoms with Gasteiger partial charge in [-0.15, -0.1) is 11.3 Å². The van der Waals surface area contributed by atoms with Gasteiger partial charge in [-0.2, -0.15) is 5.10 Å². The number of nitrogens with one attached hydrogen (secondary N) is 2. The van der Waals surface area contributed by atoms with Crippen LogP contribution in [0.3, 0.4) is 0 Å². The first-order valence-corrected chi connectivity index (χ1v) is 8.27. The van der Waals surface area contributed by atoms with E-state index >= 15 is 0 Å². The Bertz CT molecular complexity index is 779. The van der Waals surface area contributed by atoms with Crippen LogP contribution in [0.1, 0.15) is 29.8 Å². The molecule has 2 aliphatic rings. The van der Waals surface area contributed by atoms with Crippen LogP contribution in [-0.4, -0.2) is 44.9 Å². The third-order valence-corrected chi connectivity index (χ3v) is 4.94. The Morgan fingerprint density at radius 2 is 2.17 bits per heavy atom. The van der Waals surface area contributed by atoms with E-state index in [1.807, 2.05) is 17.5 Å². The molecule has 8 heteroatoms. The molecule has 7 nitrogen and oxygen atoms in total. The van der Waals surface area contributed by atoms with Crippen molar-refractivity contribution >= 4 is 29.1 Å². The summed E-state index contributed by atoms with van der Waals surface area (Å²) in [6.07, 6.45) is 1.74. The van der Waals surface area contributed by atoms with E-state index in [0.29, 0.717) is 0 Å². The minimum atomic E-state index is -0.718. The Kier molecular flexibility index (Phi) is 3.26. The maximum atomic E-state index is 12.8. The summed E-state index contributed by atoms with van der Waals surface area (Å²) < 4.78 is 0. The van der Waals surface area contributed by atoms with Crippen molar-refractivity contribution in [1.82, 2.24) is 20.4 Å². The lowest BCUT2D eigenvalue weighted by molar-refractivity contribution is -0.126. The number of aromatic amines is 1. The zero-order chi connectivity index (χ0) is 16.0. The lowest BCUT2D eigenvalue weighted by atomic mass is 10.1. The molecule has 2 aromatic rings. The second-order valence-corrected chi connectivity index (χ2v) is 6.67. The summed E-state index contributed by atoms with van der Waals surface area (Å²) in [5.41, 5.74) is 1.04. The number of hydrogen-bond acceptors (Lipinski definition) is 5. The maximum Gasteiger partial charge on any atom is 0.275 e. The number of carbonyl (C=O) groups is 3. The monoisotopic (exact) mass is 330 g/mol. The molecular weight excluding hydrogens is 316 g/mol. The molecule has 4 rings (SSSR count). The van der Waals surface area contributed by atoms with E-state index in [0.717, 1.165) is 23.4 Å². The van der Waals surface area contributed by atoms with Crippen molar-refractivity contribution in [2.45, 2.75) is 31.3 Å². The highest BCUT2D eigenvalue weighted by Gasteiger charge is 2.45. The first-order valence-electron chi connectivity index (χ1n) is 7.39. The van der Waals surface area contributed by atoms with E-state index in [2.05, 4.69) is 15.5 Å². The minimum Gasteiger partial charge on any atom is -0.322 e. The van der Waals surface area contributed by atoms with Crippen LogP contribution in [0.15, 0.2) is 23.6 Å². The largest absolute Gasteiger partial charge is 0.322 e. The molecule has 1 aliphatic carbocycles. The third-order valence-electron chi connectivity index (χ3n) is 4.04. The molecule has 1 atom stereocenters. The van der Waals surface area contributed by atoms with Gasteiger partial charge in [0, 0.05) is 6.04 Å². The molecule has 1 aliphatic heterocycles. The van der Waals surface area contributed by atoms with Crippen LogP contribution in [0.5, 0.6) is 0 Å². The zero-order valence-corrected chi connectivity index (χ0v) is 12.9. The van der Waals surface area contributed by atoms with Gasteiger partial charge in [-0.1, -0.05) is 6.07 Å². The second-order valence-electron chi connectivity index (χ2n) is 5.72. The van der Waals surface area contributed by atoms with Crippen molar-refractivity contribution in [2.75, 3.05) is 0 Å². The van der Waals surface area contributed by atoms with E-state index in [-0.39, 0.29) is 30.0 Å². The first-order chi connectivity index (χ1) is 11.1. The van der Waals surface area contributed by atoms with Gasteiger partial charge in [0.2, 0.25) is 11.8 Å². The van der Waals surface area contributed by atoms with E-state index < -0.39 is 11.9 Å². The SMILES string of the molecule is O=C1C[C@H](N(C(=O)c2cc(-c3cccs3)[nH]n2)C2CC2)C(=O)N1. The highest BCUT2D eigenvalue weighted by molar-refractivity contribution is 7.13. The number of rotatable bonds is 4. The average Bonchev–Trinajstić information content (AvgIpc) is 2.95. The number of amides is 3.